The zero-order valence-corrected chi connectivity index (χ0v) is 14.3. The lowest BCUT2D eigenvalue weighted by atomic mass is 10.0. The molecule has 0 aliphatic rings. The molecule has 0 radical (unpaired) electrons. The SMILES string of the molecule is CCCCCCCC(SC)(c1ccc(C)cc1)S(=O)[O-]. The van der Waals surface area contributed by atoms with Crippen molar-refractivity contribution in [1.82, 2.24) is 0 Å². The Labute approximate surface area is 130 Å². The summed E-state index contributed by atoms with van der Waals surface area (Å²) in [4.78, 5) is 0. The lowest BCUT2D eigenvalue weighted by Gasteiger charge is -2.35. The van der Waals surface area contributed by atoms with Crippen LogP contribution in [0.4, 0.5) is 0 Å². The predicted octanol–water partition coefficient (Wildman–Crippen LogP) is 4.75. The van der Waals surface area contributed by atoms with Crippen LogP contribution in [0.2, 0.25) is 0 Å². The first-order chi connectivity index (χ1) is 9.56. The predicted molar refractivity (Wildman–Crippen MR) is 88.7 cm³/mol. The Kier molecular flexibility index (Phi) is 7.85. The molecule has 114 valence electrons. The molecular weight excluding hydrogens is 288 g/mol. The molecular formula is C16H25O2S2-. The fraction of sp³-hybridized carbons (Fsp3) is 0.625. The van der Waals surface area contributed by atoms with E-state index >= 15 is 0 Å². The maximum absolute atomic E-state index is 11.8. The van der Waals surface area contributed by atoms with Gasteiger partial charge in [0.2, 0.25) is 0 Å². The van der Waals surface area contributed by atoms with Crippen LogP contribution in [-0.4, -0.2) is 15.0 Å². The smallest absolute Gasteiger partial charge is 0.102 e. The van der Waals surface area contributed by atoms with Crippen molar-refractivity contribution in [2.45, 2.75) is 56.5 Å². The summed E-state index contributed by atoms with van der Waals surface area (Å²) < 4.78 is 22.9. The molecule has 20 heavy (non-hydrogen) atoms. The second-order valence-electron chi connectivity index (χ2n) is 5.22. The minimum Gasteiger partial charge on any atom is -0.771 e. The molecule has 0 amide bonds. The van der Waals surface area contributed by atoms with Gasteiger partial charge in [-0.05, 0) is 36.2 Å². The van der Waals surface area contributed by atoms with E-state index in [4.69, 9.17) is 0 Å². The van der Waals surface area contributed by atoms with E-state index in [9.17, 15) is 8.76 Å². The number of rotatable bonds is 9. The van der Waals surface area contributed by atoms with Crippen molar-refractivity contribution in [3.05, 3.63) is 35.4 Å². The van der Waals surface area contributed by atoms with Gasteiger partial charge in [0.15, 0.2) is 0 Å². The minimum atomic E-state index is -2.11. The molecule has 0 saturated heterocycles. The minimum absolute atomic E-state index is 0.692. The standard InChI is InChI=1S/C16H26O2S2/c1-4-5-6-7-8-13-16(19-3,20(17)18)15-11-9-14(2)10-12-15/h9-12H,4-8,13H2,1-3H3,(H,17,18)/p-1. The molecule has 0 spiro atoms. The molecule has 0 aromatic heterocycles. The second kappa shape index (κ2) is 8.85. The van der Waals surface area contributed by atoms with E-state index < -0.39 is 15.2 Å². The zero-order chi connectivity index (χ0) is 15.0. The zero-order valence-electron chi connectivity index (χ0n) is 12.7. The molecule has 0 aliphatic heterocycles. The average molecular weight is 314 g/mol. The third-order valence-corrected chi connectivity index (χ3v) is 6.69. The number of unbranched alkanes of at least 4 members (excludes halogenated alkanes) is 4. The highest BCUT2D eigenvalue weighted by Gasteiger charge is 2.32. The number of hydrogen-bond acceptors (Lipinski definition) is 3. The highest BCUT2D eigenvalue weighted by Crippen LogP contribution is 2.42. The van der Waals surface area contributed by atoms with E-state index in [2.05, 4.69) is 6.92 Å². The Balaban J connectivity index is 2.81. The van der Waals surface area contributed by atoms with Crippen LogP contribution in [0.5, 0.6) is 0 Å². The summed E-state index contributed by atoms with van der Waals surface area (Å²) in [7, 11) is 0. The second-order valence-corrected chi connectivity index (χ2v) is 7.75. The molecule has 4 heteroatoms. The summed E-state index contributed by atoms with van der Waals surface area (Å²) in [6, 6.07) is 7.88. The van der Waals surface area contributed by atoms with E-state index in [-0.39, 0.29) is 0 Å². The molecule has 1 rings (SSSR count). The van der Waals surface area contributed by atoms with E-state index in [0.717, 1.165) is 24.0 Å². The molecule has 0 fully saturated rings. The van der Waals surface area contributed by atoms with E-state index in [0.29, 0.717) is 6.42 Å². The molecule has 2 unspecified atom stereocenters. The van der Waals surface area contributed by atoms with Crippen molar-refractivity contribution in [3.63, 3.8) is 0 Å². The van der Waals surface area contributed by atoms with Crippen molar-refractivity contribution in [2.24, 2.45) is 0 Å². The summed E-state index contributed by atoms with van der Waals surface area (Å²) in [6.45, 7) is 4.20. The van der Waals surface area contributed by atoms with Crippen LogP contribution >= 0.6 is 11.8 Å². The lowest BCUT2D eigenvalue weighted by molar-refractivity contribution is 0.499. The molecule has 0 N–H and O–H groups in total. The monoisotopic (exact) mass is 313 g/mol. The fourth-order valence-corrected chi connectivity index (χ4v) is 4.28. The normalized spacial score (nSPS) is 15.8. The molecule has 0 bridgehead atoms. The Bertz CT molecular complexity index is 417. The van der Waals surface area contributed by atoms with Crippen molar-refractivity contribution in [1.29, 1.82) is 0 Å². The summed E-state index contributed by atoms with van der Waals surface area (Å²) >= 11 is -0.678. The van der Waals surface area contributed by atoms with Gasteiger partial charge in [-0.1, -0.05) is 68.9 Å². The third-order valence-electron chi connectivity index (χ3n) is 3.70. The quantitative estimate of drug-likeness (QED) is 0.488. The van der Waals surface area contributed by atoms with Gasteiger partial charge in [0.25, 0.3) is 0 Å². The molecule has 0 heterocycles. The van der Waals surface area contributed by atoms with Crippen LogP contribution in [0.15, 0.2) is 24.3 Å². The first-order valence-corrected chi connectivity index (χ1v) is 9.58. The number of hydrogen-bond donors (Lipinski definition) is 0. The van der Waals surface area contributed by atoms with Gasteiger partial charge in [-0.3, -0.25) is 4.21 Å². The Morgan fingerprint density at radius 1 is 1.15 bits per heavy atom. The molecule has 0 saturated carbocycles. The van der Waals surface area contributed by atoms with E-state index in [1.54, 1.807) is 0 Å². The van der Waals surface area contributed by atoms with Crippen LogP contribution < -0.4 is 0 Å². The van der Waals surface area contributed by atoms with Gasteiger partial charge >= 0.3 is 0 Å². The largest absolute Gasteiger partial charge is 0.771 e. The highest BCUT2D eigenvalue weighted by molar-refractivity contribution is 8.09. The Hall–Kier alpha value is -0.320. The van der Waals surface area contributed by atoms with Gasteiger partial charge < -0.3 is 4.55 Å². The number of aryl methyl sites for hydroxylation is 1. The lowest BCUT2D eigenvalue weighted by Crippen LogP contribution is -2.27. The Morgan fingerprint density at radius 2 is 1.75 bits per heavy atom. The van der Waals surface area contributed by atoms with Crippen LogP contribution in [0.3, 0.4) is 0 Å². The molecule has 0 aliphatic carbocycles. The average Bonchev–Trinajstić information content (AvgIpc) is 2.44. The van der Waals surface area contributed by atoms with Gasteiger partial charge in [-0.2, -0.15) is 0 Å². The van der Waals surface area contributed by atoms with Crippen LogP contribution in [0.25, 0.3) is 0 Å². The van der Waals surface area contributed by atoms with Gasteiger partial charge in [0.1, 0.15) is 4.08 Å². The number of benzene rings is 1. The van der Waals surface area contributed by atoms with Crippen LogP contribution in [0.1, 0.15) is 56.6 Å². The summed E-state index contributed by atoms with van der Waals surface area (Å²) in [5, 5.41) is 0. The number of thioether (sulfide) groups is 1. The van der Waals surface area contributed by atoms with Crippen LogP contribution in [0, 0.1) is 6.92 Å². The maximum Gasteiger partial charge on any atom is 0.102 e. The van der Waals surface area contributed by atoms with Crippen molar-refractivity contribution < 1.29 is 8.76 Å². The van der Waals surface area contributed by atoms with E-state index in [1.807, 2.05) is 37.4 Å². The van der Waals surface area contributed by atoms with Gasteiger partial charge in [-0.15, -0.1) is 11.8 Å². The van der Waals surface area contributed by atoms with Crippen LogP contribution in [-0.2, 0) is 15.2 Å². The first-order valence-electron chi connectivity index (χ1n) is 7.28. The van der Waals surface area contributed by atoms with Gasteiger partial charge in [-0.25, -0.2) is 0 Å². The molecule has 1 aromatic rings. The van der Waals surface area contributed by atoms with E-state index in [1.165, 1.54) is 31.0 Å². The summed E-state index contributed by atoms with van der Waals surface area (Å²) in [5.41, 5.74) is 2.06. The topological polar surface area (TPSA) is 40.1 Å². The fourth-order valence-electron chi connectivity index (χ4n) is 2.38. The molecule has 1 aromatic carbocycles. The third kappa shape index (κ3) is 4.61. The van der Waals surface area contributed by atoms with Crippen molar-refractivity contribution >= 4 is 22.8 Å². The van der Waals surface area contributed by atoms with Crippen molar-refractivity contribution in [2.75, 3.05) is 6.26 Å². The van der Waals surface area contributed by atoms with Gasteiger partial charge in [0.05, 0.1) is 0 Å². The maximum atomic E-state index is 11.8. The van der Waals surface area contributed by atoms with Crippen molar-refractivity contribution in [3.8, 4) is 0 Å². The summed E-state index contributed by atoms with van der Waals surface area (Å²) in [6.07, 6.45) is 8.29. The summed E-state index contributed by atoms with van der Waals surface area (Å²) in [5.74, 6) is 0. The molecule has 2 atom stereocenters. The first kappa shape index (κ1) is 17.7. The molecule has 2 nitrogen and oxygen atoms in total. The van der Waals surface area contributed by atoms with Gasteiger partial charge in [0, 0.05) is 0 Å². The Morgan fingerprint density at radius 3 is 2.25 bits per heavy atom. The highest BCUT2D eigenvalue weighted by atomic mass is 32.2.